The molecule has 164 valence electrons. The van der Waals surface area contributed by atoms with Crippen molar-refractivity contribution in [3.8, 4) is 5.75 Å². The quantitative estimate of drug-likeness (QED) is 0.458. The first-order valence-electron chi connectivity index (χ1n) is 10.9. The highest BCUT2D eigenvalue weighted by Crippen LogP contribution is 2.42. The Morgan fingerprint density at radius 2 is 1.67 bits per heavy atom. The maximum absolute atomic E-state index is 6.53. The van der Waals surface area contributed by atoms with Gasteiger partial charge in [-0.2, -0.15) is 0 Å². The molecule has 0 radical (unpaired) electrons. The summed E-state index contributed by atoms with van der Waals surface area (Å²) in [5, 5.41) is 4.47. The second-order valence-corrected chi connectivity index (χ2v) is 8.09. The molecule has 1 aliphatic rings. The predicted octanol–water partition coefficient (Wildman–Crippen LogP) is 5.75. The zero-order valence-corrected chi connectivity index (χ0v) is 18.8. The molecule has 1 saturated carbocycles. The van der Waals surface area contributed by atoms with Gasteiger partial charge in [-0.05, 0) is 50.5 Å². The predicted molar refractivity (Wildman–Crippen MR) is 122 cm³/mol. The largest absolute Gasteiger partial charge is 0.491 e. The lowest BCUT2D eigenvalue weighted by Crippen LogP contribution is -2.37. The van der Waals surface area contributed by atoms with Gasteiger partial charge in [0.15, 0.2) is 0 Å². The second kappa shape index (κ2) is 11.5. The highest BCUT2D eigenvalue weighted by molar-refractivity contribution is 6.33. The summed E-state index contributed by atoms with van der Waals surface area (Å²) in [6.45, 7) is 6.94. The first-order valence-corrected chi connectivity index (χ1v) is 11.3. The fourth-order valence-corrected chi connectivity index (χ4v) is 4.16. The van der Waals surface area contributed by atoms with Crippen molar-refractivity contribution in [1.82, 2.24) is 4.98 Å². The van der Waals surface area contributed by atoms with Crippen LogP contribution in [0.15, 0.2) is 36.5 Å². The Balaban J connectivity index is 1.63. The highest BCUT2D eigenvalue weighted by Gasteiger charge is 2.34. The van der Waals surface area contributed by atoms with Crippen molar-refractivity contribution in [1.29, 1.82) is 0 Å². The summed E-state index contributed by atoms with van der Waals surface area (Å²) in [6.07, 6.45) is 7.65. The van der Waals surface area contributed by atoms with Crippen LogP contribution in [-0.4, -0.2) is 38.0 Å². The SMILES string of the molecule is CCOCCOCCOc1ccc(C2(Nc3ccnc(C)c3Cl)CCCCC2)cc1. The number of rotatable bonds is 11. The molecule has 1 aromatic heterocycles. The van der Waals surface area contributed by atoms with Crippen molar-refractivity contribution in [2.24, 2.45) is 0 Å². The number of benzene rings is 1. The minimum atomic E-state index is -0.114. The van der Waals surface area contributed by atoms with Gasteiger partial charge in [-0.1, -0.05) is 43.0 Å². The van der Waals surface area contributed by atoms with E-state index in [0.717, 1.165) is 36.6 Å². The van der Waals surface area contributed by atoms with Crippen LogP contribution in [0.3, 0.4) is 0 Å². The molecule has 0 spiro atoms. The first-order chi connectivity index (χ1) is 14.6. The molecule has 6 heteroatoms. The maximum Gasteiger partial charge on any atom is 0.119 e. The summed E-state index contributed by atoms with van der Waals surface area (Å²) in [5.74, 6) is 0.857. The molecule has 1 aliphatic carbocycles. The number of hydrogen-bond acceptors (Lipinski definition) is 5. The molecule has 1 fully saturated rings. The van der Waals surface area contributed by atoms with E-state index in [9.17, 15) is 0 Å². The van der Waals surface area contributed by atoms with E-state index in [0.29, 0.717) is 31.5 Å². The van der Waals surface area contributed by atoms with Gasteiger partial charge in [-0.15, -0.1) is 0 Å². The van der Waals surface area contributed by atoms with Gasteiger partial charge in [-0.3, -0.25) is 4.98 Å². The molecule has 30 heavy (non-hydrogen) atoms. The summed E-state index contributed by atoms with van der Waals surface area (Å²) in [6, 6.07) is 10.4. The standard InChI is InChI=1S/C24H33ClN2O3/c1-3-28-15-16-29-17-18-30-21-9-7-20(8-10-21)24(12-5-4-6-13-24)27-22-11-14-26-19(2)23(22)25/h7-11,14H,3-6,12-13,15-18H2,1-2H3,(H,26,27). The van der Waals surface area contributed by atoms with Crippen molar-refractivity contribution < 1.29 is 14.2 Å². The topological polar surface area (TPSA) is 52.6 Å². The Morgan fingerprint density at radius 3 is 2.40 bits per heavy atom. The summed E-state index contributed by atoms with van der Waals surface area (Å²) in [5.41, 5.74) is 2.96. The third-order valence-electron chi connectivity index (χ3n) is 5.62. The number of aromatic nitrogens is 1. The summed E-state index contributed by atoms with van der Waals surface area (Å²) >= 11 is 6.53. The van der Waals surface area contributed by atoms with Crippen LogP contribution in [0.1, 0.15) is 50.3 Å². The van der Waals surface area contributed by atoms with E-state index in [2.05, 4.69) is 22.4 Å². The van der Waals surface area contributed by atoms with Crippen LogP contribution in [0.5, 0.6) is 5.75 Å². The lowest BCUT2D eigenvalue weighted by atomic mass is 9.76. The van der Waals surface area contributed by atoms with E-state index < -0.39 is 0 Å². The Kier molecular flexibility index (Phi) is 8.79. The van der Waals surface area contributed by atoms with Crippen LogP contribution in [-0.2, 0) is 15.0 Å². The van der Waals surface area contributed by atoms with Crippen LogP contribution < -0.4 is 10.1 Å². The van der Waals surface area contributed by atoms with E-state index >= 15 is 0 Å². The van der Waals surface area contributed by atoms with Gasteiger partial charge < -0.3 is 19.5 Å². The summed E-state index contributed by atoms with van der Waals surface area (Å²) in [7, 11) is 0. The molecule has 3 rings (SSSR count). The zero-order valence-electron chi connectivity index (χ0n) is 18.1. The number of nitrogens with one attached hydrogen (secondary N) is 1. The maximum atomic E-state index is 6.53. The van der Waals surface area contributed by atoms with Crippen molar-refractivity contribution >= 4 is 17.3 Å². The average Bonchev–Trinajstić information content (AvgIpc) is 2.77. The van der Waals surface area contributed by atoms with Crippen LogP contribution in [0.2, 0.25) is 5.02 Å². The van der Waals surface area contributed by atoms with Crippen LogP contribution in [0, 0.1) is 6.92 Å². The number of anilines is 1. The minimum absolute atomic E-state index is 0.114. The van der Waals surface area contributed by atoms with Gasteiger partial charge in [0, 0.05) is 12.8 Å². The third kappa shape index (κ3) is 6.10. The zero-order chi connectivity index (χ0) is 21.2. The Morgan fingerprint density at radius 1 is 0.967 bits per heavy atom. The number of hydrogen-bond donors (Lipinski definition) is 1. The number of nitrogens with zero attached hydrogens (tertiary/aromatic N) is 1. The van der Waals surface area contributed by atoms with E-state index in [1.807, 2.05) is 38.2 Å². The lowest BCUT2D eigenvalue weighted by molar-refractivity contribution is 0.0405. The van der Waals surface area contributed by atoms with E-state index in [1.165, 1.54) is 24.8 Å². The van der Waals surface area contributed by atoms with E-state index in [-0.39, 0.29) is 5.54 Å². The molecule has 1 N–H and O–H groups in total. The molecular weight excluding hydrogens is 400 g/mol. The number of aryl methyl sites for hydroxylation is 1. The molecule has 5 nitrogen and oxygen atoms in total. The van der Waals surface area contributed by atoms with Crippen LogP contribution >= 0.6 is 11.6 Å². The number of ether oxygens (including phenoxy) is 3. The second-order valence-electron chi connectivity index (χ2n) is 7.71. The fraction of sp³-hybridized carbons (Fsp3) is 0.542. The van der Waals surface area contributed by atoms with Crippen molar-refractivity contribution in [2.75, 3.05) is 38.4 Å². The molecular formula is C24H33ClN2O3. The lowest BCUT2D eigenvalue weighted by Gasteiger charge is -2.40. The average molecular weight is 433 g/mol. The summed E-state index contributed by atoms with van der Waals surface area (Å²) in [4.78, 5) is 4.29. The molecule has 0 aliphatic heterocycles. The Labute approximate surface area is 185 Å². The monoisotopic (exact) mass is 432 g/mol. The van der Waals surface area contributed by atoms with Crippen LogP contribution in [0.4, 0.5) is 5.69 Å². The number of pyridine rings is 1. The van der Waals surface area contributed by atoms with Crippen LogP contribution in [0.25, 0.3) is 0 Å². The first kappa shape index (κ1) is 22.9. The highest BCUT2D eigenvalue weighted by atomic mass is 35.5. The molecule has 0 saturated heterocycles. The Hall–Kier alpha value is -1.82. The smallest absolute Gasteiger partial charge is 0.119 e. The van der Waals surface area contributed by atoms with Crippen molar-refractivity contribution in [3.05, 3.63) is 52.8 Å². The molecule has 0 unspecified atom stereocenters. The number of halogens is 1. The van der Waals surface area contributed by atoms with Gasteiger partial charge in [0.2, 0.25) is 0 Å². The fourth-order valence-electron chi connectivity index (χ4n) is 4.00. The third-order valence-corrected chi connectivity index (χ3v) is 6.10. The van der Waals surface area contributed by atoms with Gasteiger partial charge in [0.05, 0.1) is 41.8 Å². The van der Waals surface area contributed by atoms with Crippen molar-refractivity contribution in [3.63, 3.8) is 0 Å². The normalized spacial score (nSPS) is 15.7. The van der Waals surface area contributed by atoms with Crippen molar-refractivity contribution in [2.45, 2.75) is 51.5 Å². The Bertz CT molecular complexity index is 777. The molecule has 2 aromatic rings. The minimum Gasteiger partial charge on any atom is -0.491 e. The molecule has 0 amide bonds. The van der Waals surface area contributed by atoms with E-state index in [1.54, 1.807) is 0 Å². The molecule has 1 heterocycles. The summed E-state index contributed by atoms with van der Waals surface area (Å²) < 4.78 is 16.6. The molecule has 0 bridgehead atoms. The van der Waals surface area contributed by atoms with Gasteiger partial charge in [0.25, 0.3) is 0 Å². The van der Waals surface area contributed by atoms with E-state index in [4.69, 9.17) is 25.8 Å². The van der Waals surface area contributed by atoms with Gasteiger partial charge in [0.1, 0.15) is 12.4 Å². The van der Waals surface area contributed by atoms with Gasteiger partial charge in [-0.25, -0.2) is 0 Å². The molecule has 0 atom stereocenters. The van der Waals surface area contributed by atoms with Gasteiger partial charge >= 0.3 is 0 Å². The molecule has 1 aromatic carbocycles.